The van der Waals surface area contributed by atoms with Gasteiger partial charge >= 0.3 is 0 Å². The zero-order valence-corrected chi connectivity index (χ0v) is 12.6. The lowest BCUT2D eigenvalue weighted by Crippen LogP contribution is -2.27. The van der Waals surface area contributed by atoms with Crippen molar-refractivity contribution in [3.05, 3.63) is 63.1 Å². The van der Waals surface area contributed by atoms with Gasteiger partial charge in [-0.25, -0.2) is 8.78 Å². The van der Waals surface area contributed by atoms with Crippen molar-refractivity contribution in [3.8, 4) is 0 Å². The molecule has 0 spiro atoms. The first kappa shape index (κ1) is 15.4. The topological polar surface area (TPSA) is 62.0 Å². The second-order valence-corrected chi connectivity index (χ2v) is 5.95. The van der Waals surface area contributed by atoms with Crippen LogP contribution in [0.5, 0.6) is 0 Å². The van der Waals surface area contributed by atoms with E-state index in [1.807, 2.05) is 0 Å². The molecule has 4 nitrogen and oxygen atoms in total. The van der Waals surface area contributed by atoms with Gasteiger partial charge < -0.3 is 10.3 Å². The molecule has 120 valence electrons. The number of pyridine rings is 1. The van der Waals surface area contributed by atoms with Gasteiger partial charge in [-0.05, 0) is 48.9 Å². The van der Waals surface area contributed by atoms with Crippen molar-refractivity contribution in [2.75, 3.05) is 5.32 Å². The Morgan fingerprint density at radius 3 is 2.78 bits per heavy atom. The molecule has 1 aromatic heterocycles. The van der Waals surface area contributed by atoms with Crippen LogP contribution in [0.4, 0.5) is 14.5 Å². The van der Waals surface area contributed by atoms with Crippen molar-refractivity contribution in [2.45, 2.75) is 26.2 Å². The molecule has 0 bridgehead atoms. The molecule has 0 radical (unpaired) electrons. The molecular weight excluding hydrogens is 302 g/mol. The molecule has 1 aliphatic rings. The lowest BCUT2D eigenvalue weighted by molar-refractivity contribution is 0.102. The van der Waals surface area contributed by atoms with Crippen LogP contribution in [-0.2, 0) is 12.8 Å². The number of amides is 1. The van der Waals surface area contributed by atoms with Crippen LogP contribution in [-0.4, -0.2) is 10.9 Å². The van der Waals surface area contributed by atoms with Gasteiger partial charge in [-0.1, -0.05) is 6.92 Å². The maximum Gasteiger partial charge on any atom is 0.261 e. The average Bonchev–Trinajstić information content (AvgIpc) is 2.50. The number of rotatable bonds is 2. The van der Waals surface area contributed by atoms with Crippen LogP contribution < -0.4 is 10.9 Å². The van der Waals surface area contributed by atoms with Gasteiger partial charge in [-0.2, -0.15) is 0 Å². The summed E-state index contributed by atoms with van der Waals surface area (Å²) in [6.45, 7) is 2.12. The Labute approximate surface area is 131 Å². The number of hydrogen-bond acceptors (Lipinski definition) is 2. The largest absolute Gasteiger partial charge is 0.325 e. The van der Waals surface area contributed by atoms with E-state index in [1.165, 1.54) is 6.07 Å². The summed E-state index contributed by atoms with van der Waals surface area (Å²) in [5.74, 6) is -2.20. The summed E-state index contributed by atoms with van der Waals surface area (Å²) in [5.41, 5.74) is 1.43. The third-order valence-electron chi connectivity index (χ3n) is 4.09. The number of carbonyl (C=O) groups excluding carboxylic acids is 1. The van der Waals surface area contributed by atoms with Gasteiger partial charge in [0.15, 0.2) is 11.6 Å². The Kier molecular flexibility index (Phi) is 3.98. The fourth-order valence-electron chi connectivity index (χ4n) is 2.83. The molecule has 0 unspecified atom stereocenters. The molecule has 1 amide bonds. The van der Waals surface area contributed by atoms with E-state index in [0.29, 0.717) is 5.92 Å². The third kappa shape index (κ3) is 3.16. The number of carbonyl (C=O) groups is 1. The molecule has 3 rings (SSSR count). The average molecular weight is 318 g/mol. The number of H-pyrrole nitrogens is 1. The summed E-state index contributed by atoms with van der Waals surface area (Å²) in [6.07, 6.45) is 2.59. The summed E-state index contributed by atoms with van der Waals surface area (Å²) in [7, 11) is 0. The zero-order chi connectivity index (χ0) is 16.6. The van der Waals surface area contributed by atoms with Crippen LogP contribution in [0.3, 0.4) is 0 Å². The monoisotopic (exact) mass is 318 g/mol. The minimum atomic E-state index is -1.06. The van der Waals surface area contributed by atoms with E-state index in [0.717, 1.165) is 42.7 Å². The number of halogens is 2. The Morgan fingerprint density at radius 1 is 1.26 bits per heavy atom. The number of aromatic amines is 1. The number of nitrogens with one attached hydrogen (secondary N) is 2. The van der Waals surface area contributed by atoms with E-state index >= 15 is 0 Å². The van der Waals surface area contributed by atoms with Crippen molar-refractivity contribution in [1.82, 2.24) is 4.98 Å². The Hall–Kier alpha value is -2.50. The zero-order valence-electron chi connectivity index (χ0n) is 12.6. The summed E-state index contributed by atoms with van der Waals surface area (Å²) in [5, 5.41) is 2.42. The molecule has 2 N–H and O–H groups in total. The SMILES string of the molecule is C[C@H]1CCc2[nH]c(=O)c(C(=O)Nc3ccc(F)c(F)c3)cc2C1. The second-order valence-electron chi connectivity index (χ2n) is 5.95. The van der Waals surface area contributed by atoms with E-state index in [-0.39, 0.29) is 11.3 Å². The van der Waals surface area contributed by atoms with Gasteiger partial charge in [0.1, 0.15) is 5.56 Å². The molecule has 1 heterocycles. The number of aryl methyl sites for hydroxylation is 1. The van der Waals surface area contributed by atoms with Crippen molar-refractivity contribution in [2.24, 2.45) is 5.92 Å². The fourth-order valence-corrected chi connectivity index (χ4v) is 2.83. The molecule has 0 saturated heterocycles. The van der Waals surface area contributed by atoms with E-state index in [9.17, 15) is 18.4 Å². The van der Waals surface area contributed by atoms with Crippen LogP contribution >= 0.6 is 0 Å². The fraction of sp³-hybridized carbons (Fsp3) is 0.294. The first-order valence-corrected chi connectivity index (χ1v) is 7.45. The maximum atomic E-state index is 13.2. The molecule has 1 aliphatic carbocycles. The van der Waals surface area contributed by atoms with Crippen LogP contribution in [0, 0.1) is 17.6 Å². The van der Waals surface area contributed by atoms with Gasteiger partial charge in [-0.15, -0.1) is 0 Å². The molecule has 0 saturated carbocycles. The Bertz CT molecular complexity index is 830. The molecule has 6 heteroatoms. The second kappa shape index (κ2) is 5.95. The van der Waals surface area contributed by atoms with Crippen molar-refractivity contribution in [3.63, 3.8) is 0 Å². The lowest BCUT2D eigenvalue weighted by Gasteiger charge is -2.21. The summed E-state index contributed by atoms with van der Waals surface area (Å²) >= 11 is 0. The molecular formula is C17H16F2N2O2. The maximum absolute atomic E-state index is 13.2. The summed E-state index contributed by atoms with van der Waals surface area (Å²) in [6, 6.07) is 4.63. The van der Waals surface area contributed by atoms with Gasteiger partial charge in [0.05, 0.1) is 0 Å². The molecule has 1 atom stereocenters. The van der Waals surface area contributed by atoms with Crippen LogP contribution in [0.25, 0.3) is 0 Å². The van der Waals surface area contributed by atoms with Crippen molar-refractivity contribution < 1.29 is 13.6 Å². The highest BCUT2D eigenvalue weighted by molar-refractivity contribution is 6.04. The predicted octanol–water partition coefficient (Wildman–Crippen LogP) is 3.03. The van der Waals surface area contributed by atoms with E-state index in [1.54, 1.807) is 6.07 Å². The summed E-state index contributed by atoms with van der Waals surface area (Å²) < 4.78 is 26.1. The van der Waals surface area contributed by atoms with E-state index in [4.69, 9.17) is 0 Å². The van der Waals surface area contributed by atoms with Gasteiger partial charge in [0, 0.05) is 17.4 Å². The molecule has 1 aromatic carbocycles. The first-order valence-electron chi connectivity index (χ1n) is 7.45. The summed E-state index contributed by atoms with van der Waals surface area (Å²) in [4.78, 5) is 27.1. The van der Waals surface area contributed by atoms with E-state index < -0.39 is 23.1 Å². The number of hydrogen-bond donors (Lipinski definition) is 2. The van der Waals surface area contributed by atoms with E-state index in [2.05, 4.69) is 17.2 Å². The lowest BCUT2D eigenvalue weighted by atomic mass is 9.87. The molecule has 0 aliphatic heterocycles. The highest BCUT2D eigenvalue weighted by Gasteiger charge is 2.20. The number of benzene rings is 1. The molecule has 23 heavy (non-hydrogen) atoms. The first-order chi connectivity index (χ1) is 10.9. The predicted molar refractivity (Wildman–Crippen MR) is 82.6 cm³/mol. The van der Waals surface area contributed by atoms with Crippen LogP contribution in [0.2, 0.25) is 0 Å². The van der Waals surface area contributed by atoms with Crippen molar-refractivity contribution in [1.29, 1.82) is 0 Å². The third-order valence-corrected chi connectivity index (χ3v) is 4.09. The number of anilines is 1. The highest BCUT2D eigenvalue weighted by Crippen LogP contribution is 2.23. The van der Waals surface area contributed by atoms with Gasteiger partial charge in [0.2, 0.25) is 0 Å². The standard InChI is InChI=1S/C17H16F2N2O2/c1-9-2-5-15-10(6-9)7-12(17(23)21-15)16(22)20-11-3-4-13(18)14(19)8-11/h3-4,7-9H,2,5-6H2,1H3,(H,20,22)(H,21,23)/t9-/m0/s1. The Morgan fingerprint density at radius 2 is 2.04 bits per heavy atom. The number of fused-ring (bicyclic) bond motifs is 1. The molecule has 2 aromatic rings. The highest BCUT2D eigenvalue weighted by atomic mass is 19.2. The van der Waals surface area contributed by atoms with Gasteiger partial charge in [0.25, 0.3) is 11.5 Å². The normalized spacial score (nSPS) is 16.7. The quantitative estimate of drug-likeness (QED) is 0.894. The Balaban J connectivity index is 1.88. The molecule has 0 fully saturated rings. The minimum Gasteiger partial charge on any atom is -0.325 e. The van der Waals surface area contributed by atoms with Crippen LogP contribution in [0.1, 0.15) is 35.0 Å². The smallest absolute Gasteiger partial charge is 0.261 e. The number of aromatic nitrogens is 1. The van der Waals surface area contributed by atoms with Crippen molar-refractivity contribution >= 4 is 11.6 Å². The minimum absolute atomic E-state index is 0.0254. The van der Waals surface area contributed by atoms with Gasteiger partial charge in [-0.3, -0.25) is 9.59 Å². The van der Waals surface area contributed by atoms with Crippen LogP contribution in [0.15, 0.2) is 29.1 Å².